The molecule has 1 aliphatic heterocycles. The Morgan fingerprint density at radius 1 is 0.974 bits per heavy atom. The molecule has 6 rings (SSSR count). The molecule has 4 aromatic rings. The van der Waals surface area contributed by atoms with Crippen molar-refractivity contribution in [1.29, 1.82) is 0 Å². The van der Waals surface area contributed by atoms with Crippen LogP contribution < -0.4 is 15.0 Å². The summed E-state index contributed by atoms with van der Waals surface area (Å²) in [7, 11) is 0. The van der Waals surface area contributed by atoms with E-state index in [9.17, 15) is 9.18 Å². The number of halogens is 2. The highest BCUT2D eigenvalue weighted by atomic mass is 35.5. The van der Waals surface area contributed by atoms with Gasteiger partial charge in [-0.15, -0.1) is 0 Å². The molecule has 6 nitrogen and oxygen atoms in total. The van der Waals surface area contributed by atoms with Crippen LogP contribution in [0, 0.1) is 5.82 Å². The van der Waals surface area contributed by atoms with Gasteiger partial charge < -0.3 is 15.0 Å². The smallest absolute Gasteiger partial charge is 0.270 e. The Kier molecular flexibility index (Phi) is 6.94. The second kappa shape index (κ2) is 10.7. The Hall–Kier alpha value is -3.58. The summed E-state index contributed by atoms with van der Waals surface area (Å²) in [5.41, 5.74) is 4.54. The molecule has 8 heteroatoms. The first-order chi connectivity index (χ1) is 18.5. The summed E-state index contributed by atoms with van der Waals surface area (Å²) < 4.78 is 20.9. The molecule has 3 heterocycles. The normalized spacial score (nSPS) is 16.1. The van der Waals surface area contributed by atoms with Gasteiger partial charge >= 0.3 is 0 Å². The number of nitrogens with zero attached hydrogens (tertiary/aromatic N) is 3. The first-order valence-electron chi connectivity index (χ1n) is 13.2. The summed E-state index contributed by atoms with van der Waals surface area (Å²) >= 11 is 6.18. The molecule has 2 aromatic carbocycles. The number of hydrogen-bond donors (Lipinski definition) is 1. The molecule has 2 fully saturated rings. The van der Waals surface area contributed by atoms with Gasteiger partial charge in [-0.05, 0) is 85.7 Å². The highest BCUT2D eigenvalue weighted by Crippen LogP contribution is 2.41. The number of nitrogens with one attached hydrogen (secondary N) is 1. The first-order valence-corrected chi connectivity index (χ1v) is 13.6. The van der Waals surface area contributed by atoms with Gasteiger partial charge in [-0.25, -0.2) is 9.37 Å². The number of ether oxygens (including phenoxy) is 1. The Morgan fingerprint density at radius 2 is 1.71 bits per heavy atom. The second-order valence-electron chi connectivity index (χ2n) is 10.1. The molecule has 0 spiro atoms. The number of pyridine rings is 1. The van der Waals surface area contributed by atoms with Crippen LogP contribution in [0.4, 0.5) is 10.1 Å². The maximum absolute atomic E-state index is 13.2. The molecule has 0 atom stereocenters. The fourth-order valence-corrected chi connectivity index (χ4v) is 5.44. The van der Waals surface area contributed by atoms with Crippen molar-refractivity contribution in [3.05, 3.63) is 94.7 Å². The van der Waals surface area contributed by atoms with E-state index >= 15 is 0 Å². The lowest BCUT2D eigenvalue weighted by Gasteiger charge is -2.34. The minimum atomic E-state index is -0.184. The molecule has 1 saturated carbocycles. The monoisotopic (exact) mass is 532 g/mol. The lowest BCUT2D eigenvalue weighted by molar-refractivity contribution is 0.0940. The fourth-order valence-electron chi connectivity index (χ4n) is 5.28. The van der Waals surface area contributed by atoms with Crippen LogP contribution >= 0.6 is 11.6 Å². The maximum Gasteiger partial charge on any atom is 0.270 e. The van der Waals surface area contributed by atoms with Gasteiger partial charge in [0.15, 0.2) is 0 Å². The third kappa shape index (κ3) is 5.34. The highest BCUT2D eigenvalue weighted by Gasteiger charge is 2.32. The summed E-state index contributed by atoms with van der Waals surface area (Å²) in [5.74, 6) is 1.24. The molecule has 2 aromatic heterocycles. The van der Waals surface area contributed by atoms with Gasteiger partial charge in [0, 0.05) is 30.9 Å². The Balaban J connectivity index is 0.996. The van der Waals surface area contributed by atoms with Crippen LogP contribution in [0.25, 0.3) is 5.65 Å². The SMILES string of the molecule is O=C(NCCOc1ccc(N2CCC(c3ccc(F)cc3)CC2)cc1)c1c(C2CC2)nc2ccc(Cl)cn12. The van der Waals surface area contributed by atoms with Crippen molar-refractivity contribution in [3.8, 4) is 5.75 Å². The van der Waals surface area contributed by atoms with E-state index < -0.39 is 0 Å². The fraction of sp³-hybridized carbons (Fsp3) is 0.333. The Labute approximate surface area is 226 Å². The van der Waals surface area contributed by atoms with Gasteiger partial charge in [0.1, 0.15) is 29.5 Å². The van der Waals surface area contributed by atoms with Gasteiger partial charge in [0.05, 0.1) is 17.3 Å². The van der Waals surface area contributed by atoms with E-state index in [0.717, 1.165) is 55.9 Å². The first kappa shape index (κ1) is 24.7. The van der Waals surface area contributed by atoms with Crippen LogP contribution in [0.15, 0.2) is 66.9 Å². The number of hydrogen-bond acceptors (Lipinski definition) is 4. The van der Waals surface area contributed by atoms with Crippen molar-refractivity contribution in [2.45, 2.75) is 37.5 Å². The van der Waals surface area contributed by atoms with Crippen molar-refractivity contribution >= 4 is 28.8 Å². The lowest BCUT2D eigenvalue weighted by Crippen LogP contribution is -2.32. The molecule has 0 unspecified atom stereocenters. The predicted octanol–water partition coefficient (Wildman–Crippen LogP) is 6.20. The number of aromatic nitrogens is 2. The summed E-state index contributed by atoms with van der Waals surface area (Å²) in [6.45, 7) is 2.68. The number of rotatable bonds is 8. The zero-order valence-corrected chi connectivity index (χ0v) is 21.8. The standard InChI is InChI=1S/C30H30ClFN4O2/c31-23-5-12-27-34-28(22-1-2-22)29(36(27)19-23)30(37)33-15-18-38-26-10-8-25(9-11-26)35-16-13-21(14-17-35)20-3-6-24(32)7-4-20/h3-12,19,21-22H,1-2,13-18H2,(H,33,37). The Bertz CT molecular complexity index is 1430. The lowest BCUT2D eigenvalue weighted by atomic mass is 9.89. The van der Waals surface area contributed by atoms with Crippen molar-refractivity contribution in [2.75, 3.05) is 31.1 Å². The van der Waals surface area contributed by atoms with Crippen molar-refractivity contribution in [2.24, 2.45) is 0 Å². The topological polar surface area (TPSA) is 58.9 Å². The third-order valence-electron chi connectivity index (χ3n) is 7.48. The zero-order valence-electron chi connectivity index (χ0n) is 21.1. The van der Waals surface area contributed by atoms with Crippen molar-refractivity contribution in [3.63, 3.8) is 0 Å². The van der Waals surface area contributed by atoms with Gasteiger partial charge in [-0.1, -0.05) is 23.7 Å². The number of anilines is 1. The molecule has 1 aliphatic carbocycles. The maximum atomic E-state index is 13.2. The summed E-state index contributed by atoms with van der Waals surface area (Å²) in [6, 6.07) is 18.6. The Morgan fingerprint density at radius 3 is 2.42 bits per heavy atom. The minimum Gasteiger partial charge on any atom is -0.492 e. The molecule has 2 aliphatic rings. The average molecular weight is 533 g/mol. The number of imidazole rings is 1. The molecule has 38 heavy (non-hydrogen) atoms. The van der Waals surface area contributed by atoms with E-state index in [1.807, 2.05) is 30.3 Å². The van der Waals surface area contributed by atoms with Crippen LogP contribution in [0.5, 0.6) is 5.75 Å². The predicted molar refractivity (Wildman–Crippen MR) is 147 cm³/mol. The molecule has 0 bridgehead atoms. The number of carbonyl (C=O) groups excluding carboxylic acids is 1. The molecule has 0 radical (unpaired) electrons. The van der Waals surface area contributed by atoms with E-state index in [-0.39, 0.29) is 11.7 Å². The number of carbonyl (C=O) groups is 1. The number of benzene rings is 2. The second-order valence-corrected chi connectivity index (χ2v) is 10.5. The van der Waals surface area contributed by atoms with Gasteiger partial charge in [0.2, 0.25) is 0 Å². The zero-order chi connectivity index (χ0) is 26.1. The number of piperidine rings is 1. The van der Waals surface area contributed by atoms with Crippen LogP contribution in [0.3, 0.4) is 0 Å². The number of amides is 1. The summed E-state index contributed by atoms with van der Waals surface area (Å²) in [6.07, 6.45) is 5.95. The molecule has 196 valence electrons. The summed E-state index contributed by atoms with van der Waals surface area (Å²) in [5, 5.41) is 3.54. The quantitative estimate of drug-likeness (QED) is 0.275. The van der Waals surface area contributed by atoms with Crippen LogP contribution in [-0.2, 0) is 0 Å². The average Bonchev–Trinajstić information content (AvgIpc) is 3.72. The molecular formula is C30H30ClFN4O2. The van der Waals surface area contributed by atoms with E-state index in [0.29, 0.717) is 35.7 Å². The third-order valence-corrected chi connectivity index (χ3v) is 7.71. The van der Waals surface area contributed by atoms with E-state index in [2.05, 4.69) is 27.3 Å². The van der Waals surface area contributed by atoms with Crippen molar-refractivity contribution < 1.29 is 13.9 Å². The van der Waals surface area contributed by atoms with E-state index in [1.165, 1.54) is 11.3 Å². The highest BCUT2D eigenvalue weighted by molar-refractivity contribution is 6.30. The largest absolute Gasteiger partial charge is 0.492 e. The molecular weight excluding hydrogens is 503 g/mol. The van der Waals surface area contributed by atoms with Crippen LogP contribution in [0.1, 0.15) is 59.3 Å². The van der Waals surface area contributed by atoms with Crippen molar-refractivity contribution in [1.82, 2.24) is 14.7 Å². The van der Waals surface area contributed by atoms with Gasteiger partial charge in [-0.2, -0.15) is 0 Å². The minimum absolute atomic E-state index is 0.162. The molecule has 1 saturated heterocycles. The number of fused-ring (bicyclic) bond motifs is 1. The van der Waals surface area contributed by atoms with Gasteiger partial charge in [0.25, 0.3) is 5.91 Å². The molecule has 1 amide bonds. The summed E-state index contributed by atoms with van der Waals surface area (Å²) in [4.78, 5) is 20.1. The van der Waals surface area contributed by atoms with Crippen LogP contribution in [-0.4, -0.2) is 41.5 Å². The molecule has 1 N–H and O–H groups in total. The van der Waals surface area contributed by atoms with Crippen LogP contribution in [0.2, 0.25) is 5.02 Å². The van der Waals surface area contributed by atoms with E-state index in [1.54, 1.807) is 28.8 Å². The van der Waals surface area contributed by atoms with E-state index in [4.69, 9.17) is 16.3 Å². The van der Waals surface area contributed by atoms with Gasteiger partial charge in [-0.3, -0.25) is 9.20 Å².